The summed E-state index contributed by atoms with van der Waals surface area (Å²) in [4.78, 5) is 220. The van der Waals surface area contributed by atoms with E-state index in [1.807, 2.05) is 0 Å². The van der Waals surface area contributed by atoms with E-state index < -0.39 is 211 Å². The van der Waals surface area contributed by atoms with Gasteiger partial charge in [-0.1, -0.05) is 125 Å². The predicted molar refractivity (Wildman–Crippen MR) is 444 cm³/mol. The van der Waals surface area contributed by atoms with Crippen molar-refractivity contribution in [2.45, 2.75) is 223 Å². The van der Waals surface area contributed by atoms with Gasteiger partial charge in [-0.3, -0.25) is 87.5 Å². The number of amides is 15. The van der Waals surface area contributed by atoms with Crippen LogP contribution in [0.4, 0.5) is 0 Å². The molecule has 0 spiro atoms. The molecule has 0 radical (unpaired) electrons. The van der Waals surface area contributed by atoms with Gasteiger partial charge in [-0.05, 0) is 132 Å². The Morgan fingerprint density at radius 1 is 0.375 bits per heavy atom. The highest BCUT2D eigenvalue weighted by Gasteiger charge is 2.38. The molecule has 0 heterocycles. The first kappa shape index (κ1) is 102. The second-order valence-corrected chi connectivity index (χ2v) is 29.6. The zero-order valence-electron chi connectivity index (χ0n) is 68.7. The average molecular weight is 1680 g/mol. The molecule has 0 aromatic heterocycles. The van der Waals surface area contributed by atoms with Gasteiger partial charge in [-0.25, -0.2) is 0 Å². The molecule has 41 heteroatoms. The number of guanidine groups is 2. The molecular formula is C79H124N24O17. The van der Waals surface area contributed by atoms with Gasteiger partial charge in [0.05, 0.1) is 25.6 Å². The molecule has 0 fully saturated rings. The van der Waals surface area contributed by atoms with Gasteiger partial charge in [0.25, 0.3) is 0 Å². The second kappa shape index (κ2) is 55.3. The highest BCUT2D eigenvalue weighted by atomic mass is 16.4. The summed E-state index contributed by atoms with van der Waals surface area (Å²) in [5.74, 6) is -16.7. The number of benzene rings is 3. The molecule has 15 amide bonds. The number of hydrogen-bond acceptors (Lipinski definition) is 21. The fourth-order valence-corrected chi connectivity index (χ4v) is 12.2. The number of rotatable bonds is 58. The Morgan fingerprint density at radius 2 is 0.742 bits per heavy atom. The Bertz CT molecular complexity index is 3890. The third-order valence-corrected chi connectivity index (χ3v) is 18.9. The van der Waals surface area contributed by atoms with Crippen molar-refractivity contribution in [2.75, 3.05) is 39.3 Å². The molecule has 13 atom stereocenters. The second-order valence-electron chi connectivity index (χ2n) is 29.6. The molecule has 0 saturated heterocycles. The molecule has 3 rings (SSSR count). The van der Waals surface area contributed by atoms with Crippen molar-refractivity contribution in [1.29, 1.82) is 10.8 Å². The van der Waals surface area contributed by atoms with Crippen LogP contribution in [-0.4, -0.2) is 223 Å². The van der Waals surface area contributed by atoms with Crippen LogP contribution < -0.4 is 120 Å². The monoisotopic (exact) mass is 1680 g/mol. The van der Waals surface area contributed by atoms with Crippen molar-refractivity contribution in [3.8, 4) is 0 Å². The maximum Gasteiger partial charge on any atom is 0.303 e. The minimum atomic E-state index is -1.67. The number of primary amides is 2. The maximum atomic E-state index is 14.7. The van der Waals surface area contributed by atoms with Crippen molar-refractivity contribution < 1.29 is 81.8 Å². The molecule has 0 unspecified atom stereocenters. The third-order valence-electron chi connectivity index (χ3n) is 18.9. The highest BCUT2D eigenvalue weighted by Crippen LogP contribution is 2.16. The van der Waals surface area contributed by atoms with Gasteiger partial charge >= 0.3 is 5.97 Å². The van der Waals surface area contributed by atoms with E-state index >= 15 is 0 Å². The van der Waals surface area contributed by atoms with Crippen LogP contribution in [-0.2, 0) is 96.0 Å². The van der Waals surface area contributed by atoms with E-state index in [9.17, 15) is 81.8 Å². The quantitative estimate of drug-likeness (QED) is 0.0143. The minimum absolute atomic E-state index is 0.0376. The van der Waals surface area contributed by atoms with Crippen LogP contribution in [0.25, 0.3) is 0 Å². The standard InChI is InChI=1S/C79H124N24O17/c1-6-46(4)65(77(120)98-55(31-21-37-90-79(87)88)71(114)101-58(68(111)91-43-62(84)105)40-49-24-12-8-13-25-49)103-73(116)53(29-17-19-35-81)95-72(115)56(32-33-64(107)108)94-63(106)44-92-66(109)47(5)93-69(112)52(28-16-18-34-80)96-74(117)57(38-45(2)3)100-70(113)54(30-20-36-89-78(85)86)97-75(118)59(41-50-26-14-9-15-27-50)102-76(119)60(42-61(83)104)99-67(110)51(82)39-48-22-10-7-11-23-48/h7-15,22-27,45-47,51-60,65H,6,16-21,28-44,80-82H2,1-5H3,(H2,83,104)(H2,84,105)(H,91,111)(H,92,109)(H,93,112)(H,94,106)(H,95,115)(H,96,117)(H,97,118)(H,98,120)(H,99,110)(H,100,113)(H,101,114)(H,102,119)(H,103,116)(H,107,108)(H4,85,86,89)(H4,87,88,90)/t46-,47-,51-,52-,53-,54-,55-,56-,57-,58-,59-,60-,65-/m0/s1. The first-order valence-electron chi connectivity index (χ1n) is 40.1. The number of hydrogen-bond donors (Lipinski definition) is 25. The van der Waals surface area contributed by atoms with Crippen LogP contribution in [0.3, 0.4) is 0 Å². The first-order valence-corrected chi connectivity index (χ1v) is 40.1. The molecule has 662 valence electrons. The van der Waals surface area contributed by atoms with Gasteiger partial charge in [0, 0.05) is 32.4 Å². The molecule has 3 aromatic carbocycles. The Labute approximate surface area is 697 Å². The number of carboxylic acid groups (broad SMARTS) is 1. The number of carboxylic acids is 1. The van der Waals surface area contributed by atoms with E-state index in [4.69, 9.17) is 51.0 Å². The van der Waals surface area contributed by atoms with E-state index in [0.717, 1.165) is 0 Å². The third kappa shape index (κ3) is 40.6. The Balaban J connectivity index is 1.86. The fourth-order valence-electron chi connectivity index (χ4n) is 12.2. The summed E-state index contributed by atoms with van der Waals surface area (Å²) in [5.41, 5.74) is 41.5. The number of carbonyl (C=O) groups is 16. The smallest absolute Gasteiger partial charge is 0.303 e. The lowest BCUT2D eigenvalue weighted by Gasteiger charge is -2.29. The average Bonchev–Trinajstić information content (AvgIpc) is 0.854. The van der Waals surface area contributed by atoms with Gasteiger partial charge < -0.3 is 125 Å². The molecule has 120 heavy (non-hydrogen) atoms. The van der Waals surface area contributed by atoms with Crippen LogP contribution in [0, 0.1) is 22.7 Å². The number of unbranched alkanes of at least 4 members (excludes halogenated alkanes) is 2. The van der Waals surface area contributed by atoms with Gasteiger partial charge in [0.15, 0.2) is 11.9 Å². The summed E-state index contributed by atoms with van der Waals surface area (Å²) in [6, 6.07) is 8.52. The van der Waals surface area contributed by atoms with Crippen molar-refractivity contribution in [3.63, 3.8) is 0 Å². The Hall–Kier alpha value is -12.4. The van der Waals surface area contributed by atoms with Crippen LogP contribution >= 0.6 is 0 Å². The zero-order valence-corrected chi connectivity index (χ0v) is 68.7. The maximum absolute atomic E-state index is 14.7. The molecule has 0 aliphatic heterocycles. The fraction of sp³-hybridized carbons (Fsp3) is 0.544. The molecule has 3 aromatic rings. The first-order chi connectivity index (χ1) is 56.9. The highest BCUT2D eigenvalue weighted by molar-refractivity contribution is 6.00. The molecule has 0 aliphatic carbocycles. The SMILES string of the molecule is CC[C@H](C)[C@H](NC(=O)[C@H](CCCCN)NC(=O)[C@H](CCC(=O)O)NC(=O)CNC(=O)[C@H](C)NC(=O)[C@H](CCCCN)NC(=O)[C@H](CC(C)C)NC(=O)[C@H](CCCNC(=N)N)NC(=O)[C@H](Cc1ccccc1)NC(=O)[C@H](CC(N)=O)NC(=O)[C@@H](N)Cc1ccccc1)C(=O)N[C@@H](CCCNC(=N)N)C(=O)N[C@@H](Cc1ccccc1)C(=O)NCC(N)=O. The summed E-state index contributed by atoms with van der Waals surface area (Å²) >= 11 is 0. The molecule has 32 N–H and O–H groups in total. The van der Waals surface area contributed by atoms with Crippen LogP contribution in [0.1, 0.15) is 148 Å². The topological polar surface area (TPSA) is 704 Å². The van der Waals surface area contributed by atoms with E-state index in [0.29, 0.717) is 29.5 Å². The van der Waals surface area contributed by atoms with E-state index in [2.05, 4.69) is 79.8 Å². The normalized spacial score (nSPS) is 14.2. The predicted octanol–water partition coefficient (Wildman–Crippen LogP) is -5.27. The van der Waals surface area contributed by atoms with Crippen molar-refractivity contribution in [1.82, 2.24) is 79.8 Å². The summed E-state index contributed by atoms with van der Waals surface area (Å²) in [6.45, 7) is 7.15. The number of nitrogens with two attached hydrogens (primary N) is 7. The Kier molecular flexibility index (Phi) is 46.9. The van der Waals surface area contributed by atoms with Gasteiger partial charge in [-0.2, -0.15) is 0 Å². The van der Waals surface area contributed by atoms with Crippen molar-refractivity contribution in [3.05, 3.63) is 108 Å². The molecule has 0 bridgehead atoms. The van der Waals surface area contributed by atoms with Crippen molar-refractivity contribution in [2.24, 2.45) is 52.0 Å². The van der Waals surface area contributed by atoms with Crippen LogP contribution in [0.5, 0.6) is 0 Å². The minimum Gasteiger partial charge on any atom is -0.481 e. The summed E-state index contributed by atoms with van der Waals surface area (Å²) in [7, 11) is 0. The van der Waals surface area contributed by atoms with E-state index in [-0.39, 0.29) is 122 Å². The van der Waals surface area contributed by atoms with E-state index in [1.54, 1.807) is 119 Å². The zero-order chi connectivity index (χ0) is 89.4. The lowest BCUT2D eigenvalue weighted by molar-refractivity contribution is -0.138. The number of nitrogens with one attached hydrogen (secondary N) is 17. The molecule has 0 saturated carbocycles. The van der Waals surface area contributed by atoms with Crippen molar-refractivity contribution >= 4 is 106 Å². The summed E-state index contributed by atoms with van der Waals surface area (Å²) < 4.78 is 0. The number of aliphatic carboxylic acids is 1. The molecule has 0 aliphatic rings. The van der Waals surface area contributed by atoms with Gasteiger partial charge in [0.1, 0.15) is 66.5 Å². The molecular weight excluding hydrogens is 1560 g/mol. The lowest BCUT2D eigenvalue weighted by atomic mass is 9.96. The number of carbonyl (C=O) groups excluding carboxylic acids is 15. The Morgan fingerprint density at radius 3 is 1.17 bits per heavy atom. The van der Waals surface area contributed by atoms with Gasteiger partial charge in [0.2, 0.25) is 88.6 Å². The van der Waals surface area contributed by atoms with Crippen LogP contribution in [0.15, 0.2) is 91.0 Å². The van der Waals surface area contributed by atoms with Crippen LogP contribution in [0.2, 0.25) is 0 Å². The van der Waals surface area contributed by atoms with Gasteiger partial charge in [-0.15, -0.1) is 0 Å². The summed E-state index contributed by atoms with van der Waals surface area (Å²) in [5, 5.41) is 63.5. The lowest BCUT2D eigenvalue weighted by Crippen LogP contribution is -2.61. The largest absolute Gasteiger partial charge is 0.481 e. The summed E-state index contributed by atoms with van der Waals surface area (Å²) in [6.07, 6.45) is -0.816. The van der Waals surface area contributed by atoms with E-state index in [1.165, 1.54) is 6.92 Å². The molecule has 41 nitrogen and oxygen atoms in total.